The predicted molar refractivity (Wildman–Crippen MR) is 168 cm³/mol. The fourth-order valence-corrected chi connectivity index (χ4v) is 14.5. The van der Waals surface area contributed by atoms with Gasteiger partial charge in [-0.25, -0.2) is 0 Å². The lowest BCUT2D eigenvalue weighted by Gasteiger charge is -2.65. The van der Waals surface area contributed by atoms with Crippen molar-refractivity contribution in [2.75, 3.05) is 49.2 Å². The zero-order chi connectivity index (χ0) is 28.1. The molecule has 13 rings (SSSR count). The van der Waals surface area contributed by atoms with Crippen LogP contribution in [0, 0.1) is 23.7 Å². The van der Waals surface area contributed by atoms with Crippen LogP contribution >= 0.6 is 0 Å². The number of nitrogens with zero attached hydrogens (tertiary/aromatic N) is 4. The number of piperidine rings is 2. The third kappa shape index (κ3) is 2.28. The Morgan fingerprint density at radius 3 is 1.59 bits per heavy atom. The molecule has 7 fully saturated rings. The fourth-order valence-electron chi connectivity index (χ4n) is 14.5. The smallest absolute Gasteiger partial charge is 0.136 e. The molecular formula is C38H40N4O2. The number of fused-ring (bicyclic) bond motifs is 6. The molecule has 9 aliphatic heterocycles. The molecule has 0 unspecified atom stereocenters. The molecular weight excluding hydrogens is 544 g/mol. The van der Waals surface area contributed by atoms with Crippen molar-refractivity contribution in [3.63, 3.8) is 0 Å². The van der Waals surface area contributed by atoms with Gasteiger partial charge in [0.05, 0.1) is 25.3 Å². The van der Waals surface area contributed by atoms with Gasteiger partial charge in [0.2, 0.25) is 0 Å². The number of ether oxygens (including phenoxy) is 2. The number of rotatable bonds is 0. The molecule has 224 valence electrons. The minimum absolute atomic E-state index is 0.0792. The normalized spacial score (nSPS) is 49.4. The van der Waals surface area contributed by atoms with Crippen molar-refractivity contribution in [2.24, 2.45) is 23.7 Å². The number of hydrogen-bond donors (Lipinski definition) is 0. The van der Waals surface area contributed by atoms with Crippen molar-refractivity contribution in [3.8, 4) is 0 Å². The van der Waals surface area contributed by atoms with E-state index in [0.29, 0.717) is 47.8 Å². The summed E-state index contributed by atoms with van der Waals surface area (Å²) in [5, 5.41) is 0. The summed E-state index contributed by atoms with van der Waals surface area (Å²) >= 11 is 0. The first-order valence-electron chi connectivity index (χ1n) is 17.6. The van der Waals surface area contributed by atoms with Gasteiger partial charge in [-0.15, -0.1) is 0 Å². The van der Waals surface area contributed by atoms with Crippen LogP contribution in [0.2, 0.25) is 0 Å². The fraction of sp³-hybridized carbons (Fsp3) is 0.579. The van der Waals surface area contributed by atoms with Crippen LogP contribution in [-0.4, -0.2) is 85.8 Å². The molecule has 2 aliphatic carbocycles. The molecule has 11 aliphatic rings. The highest BCUT2D eigenvalue weighted by atomic mass is 16.5. The number of hydrogen-bond acceptors (Lipinski definition) is 6. The van der Waals surface area contributed by atoms with Gasteiger partial charge in [-0.05, 0) is 73.9 Å². The molecule has 12 atom stereocenters. The quantitative estimate of drug-likeness (QED) is 0.431. The molecule has 0 aromatic heterocycles. The summed E-state index contributed by atoms with van der Waals surface area (Å²) in [6.07, 6.45) is 10.3. The maximum atomic E-state index is 7.36. The van der Waals surface area contributed by atoms with Crippen LogP contribution in [0.3, 0.4) is 0 Å². The third-order valence-corrected chi connectivity index (χ3v) is 15.5. The van der Waals surface area contributed by atoms with Gasteiger partial charge >= 0.3 is 0 Å². The SMILES string of the molecule is C1=C2CN3CC[C@]45c6ccccc6N6[C@@H]7OCC=C8CN9CC[C@]%10%11c%12ccccc%12N([C@H](OC1)[C@@H]([C@H]64)[C@H]2C[C@@H]35)[C@H]%10[C@H]7[C@H]8C[C@H]9%11. The minimum Gasteiger partial charge on any atom is -0.354 e. The Morgan fingerprint density at radius 1 is 0.614 bits per heavy atom. The molecule has 0 amide bonds. The van der Waals surface area contributed by atoms with E-state index in [4.69, 9.17) is 9.47 Å². The van der Waals surface area contributed by atoms with Crippen LogP contribution in [0.15, 0.2) is 71.8 Å². The van der Waals surface area contributed by atoms with Crippen molar-refractivity contribution in [1.82, 2.24) is 9.80 Å². The monoisotopic (exact) mass is 584 g/mol. The van der Waals surface area contributed by atoms with Crippen molar-refractivity contribution in [2.45, 2.75) is 73.1 Å². The summed E-state index contributed by atoms with van der Waals surface area (Å²) in [4.78, 5) is 11.6. The van der Waals surface area contributed by atoms with Crippen molar-refractivity contribution in [3.05, 3.63) is 83.0 Å². The summed E-state index contributed by atoms with van der Waals surface area (Å²) in [5.41, 5.74) is 9.81. The number of anilines is 2. The zero-order valence-electron chi connectivity index (χ0n) is 25.2. The first-order valence-corrected chi connectivity index (χ1v) is 17.6. The van der Waals surface area contributed by atoms with Crippen molar-refractivity contribution < 1.29 is 9.47 Å². The average molecular weight is 585 g/mol. The molecule has 0 N–H and O–H groups in total. The molecule has 0 radical (unpaired) electrons. The Labute approximate surface area is 259 Å². The molecule has 6 heteroatoms. The molecule has 5 saturated heterocycles. The van der Waals surface area contributed by atoms with Gasteiger partial charge in [0, 0.05) is 59.2 Å². The van der Waals surface area contributed by atoms with Crippen LogP contribution in [-0.2, 0) is 20.3 Å². The van der Waals surface area contributed by atoms with Crippen LogP contribution in [0.1, 0.15) is 36.8 Å². The van der Waals surface area contributed by atoms with E-state index in [9.17, 15) is 0 Å². The van der Waals surface area contributed by atoms with E-state index in [0.717, 1.165) is 26.3 Å². The van der Waals surface area contributed by atoms with Crippen molar-refractivity contribution >= 4 is 11.4 Å². The Bertz CT molecular complexity index is 1610. The average Bonchev–Trinajstić information content (AvgIpc) is 3.71. The molecule has 2 aromatic carbocycles. The predicted octanol–water partition coefficient (Wildman–Crippen LogP) is 4.27. The summed E-state index contributed by atoms with van der Waals surface area (Å²) in [6.45, 7) is 6.18. The third-order valence-electron chi connectivity index (χ3n) is 15.5. The van der Waals surface area contributed by atoms with E-state index < -0.39 is 0 Å². The van der Waals surface area contributed by atoms with Gasteiger partial charge in [-0.2, -0.15) is 0 Å². The highest BCUT2D eigenvalue weighted by molar-refractivity contribution is 5.72. The highest BCUT2D eigenvalue weighted by Crippen LogP contribution is 2.71. The second-order valence-electron chi connectivity index (χ2n) is 16.1. The van der Waals surface area contributed by atoms with E-state index >= 15 is 0 Å². The highest BCUT2D eigenvalue weighted by Gasteiger charge is 2.76. The molecule has 9 heterocycles. The van der Waals surface area contributed by atoms with Crippen LogP contribution in [0.4, 0.5) is 11.4 Å². The number of benzene rings is 2. The molecule has 2 aromatic rings. The summed E-state index contributed by atoms with van der Waals surface area (Å²) in [5.74, 6) is 1.96. The second kappa shape index (κ2) is 7.49. The van der Waals surface area contributed by atoms with Gasteiger partial charge in [-0.1, -0.05) is 59.7 Å². The first kappa shape index (κ1) is 23.7. The Kier molecular flexibility index (Phi) is 4.03. The van der Waals surface area contributed by atoms with Crippen LogP contribution in [0.5, 0.6) is 0 Å². The van der Waals surface area contributed by atoms with Crippen LogP contribution < -0.4 is 9.80 Å². The Hall–Kier alpha value is -2.64. The largest absolute Gasteiger partial charge is 0.354 e. The standard InChI is InChI=1S/C38H40N4O2/c1-3-7-27-25(5-1)37-11-13-39-19-21-10-16-44-36-31(23(21)17-29(37)39)33(37)41(27)35-32-24-18-30-38(12-14-40(30)20-22(24)9-15-43-35)26-6-2-4-8-28(26)42(36)34(32)38/h1-10,23-24,29-36H,11-20H2/t23-,24-,29-,30+,31+,32+,33-,34-,35+,36+,37+,38+/m0/s1. The molecule has 6 nitrogen and oxygen atoms in total. The Balaban J connectivity index is 1.15. The lowest BCUT2D eigenvalue weighted by molar-refractivity contribution is -0.105. The lowest BCUT2D eigenvalue weighted by atomic mass is 9.52. The summed E-state index contributed by atoms with van der Waals surface area (Å²) in [6, 6.07) is 21.3. The maximum absolute atomic E-state index is 7.36. The van der Waals surface area contributed by atoms with Crippen LogP contribution in [0.25, 0.3) is 0 Å². The maximum Gasteiger partial charge on any atom is 0.136 e. The van der Waals surface area contributed by atoms with Gasteiger partial charge in [0.15, 0.2) is 0 Å². The number of para-hydroxylation sites is 2. The van der Waals surface area contributed by atoms with E-state index in [1.54, 1.807) is 22.3 Å². The Morgan fingerprint density at radius 2 is 1.09 bits per heavy atom. The lowest BCUT2D eigenvalue weighted by Crippen LogP contribution is -2.76. The van der Waals surface area contributed by atoms with E-state index in [1.807, 2.05) is 0 Å². The van der Waals surface area contributed by atoms with Gasteiger partial charge < -0.3 is 19.3 Å². The van der Waals surface area contributed by atoms with E-state index in [1.165, 1.54) is 50.1 Å². The minimum atomic E-state index is 0.0792. The first-order chi connectivity index (χ1) is 21.8. The molecule has 2 spiro atoms. The molecule has 4 bridgehead atoms. The zero-order valence-corrected chi connectivity index (χ0v) is 25.2. The van der Waals surface area contributed by atoms with Gasteiger partial charge in [0.25, 0.3) is 0 Å². The molecule has 44 heavy (non-hydrogen) atoms. The summed E-state index contributed by atoms with van der Waals surface area (Å²) < 4.78 is 14.7. The van der Waals surface area contributed by atoms with Crippen molar-refractivity contribution in [1.29, 1.82) is 0 Å². The second-order valence-corrected chi connectivity index (χ2v) is 16.1. The van der Waals surface area contributed by atoms with Gasteiger partial charge in [0.1, 0.15) is 12.5 Å². The van der Waals surface area contributed by atoms with Gasteiger partial charge in [-0.3, -0.25) is 9.80 Å². The summed E-state index contributed by atoms with van der Waals surface area (Å²) in [7, 11) is 0. The van der Waals surface area contributed by atoms with E-state index in [2.05, 4.69) is 80.3 Å². The molecule has 2 saturated carbocycles. The topological polar surface area (TPSA) is 31.4 Å². The van der Waals surface area contributed by atoms with E-state index in [-0.39, 0.29) is 23.3 Å².